The predicted molar refractivity (Wildman–Crippen MR) is 77.2 cm³/mol. The summed E-state index contributed by atoms with van der Waals surface area (Å²) in [6.07, 6.45) is -17.9. The van der Waals surface area contributed by atoms with Crippen LogP contribution in [0.15, 0.2) is 12.7 Å². The van der Waals surface area contributed by atoms with Gasteiger partial charge in [0.1, 0.15) is 0 Å². The van der Waals surface area contributed by atoms with E-state index >= 15 is 0 Å². The third-order valence-electron chi connectivity index (χ3n) is 4.55. The van der Waals surface area contributed by atoms with E-state index in [9.17, 15) is 43.9 Å². The smallest absolute Gasteiger partial charge is 0.234 e. The lowest BCUT2D eigenvalue weighted by atomic mass is 9.81. The van der Waals surface area contributed by atoms with Crippen molar-refractivity contribution in [3.8, 4) is 0 Å². The molecule has 0 rings (SSSR count). The van der Waals surface area contributed by atoms with E-state index in [1.165, 1.54) is 6.08 Å². The normalized spacial score (nSPS) is 17.7. The number of halogens is 10. The monoisotopic (exact) mass is 404 g/mol. The van der Waals surface area contributed by atoms with Crippen LogP contribution in [0.4, 0.5) is 43.9 Å². The minimum Gasteiger partial charge on any atom is -0.234 e. The Morgan fingerprint density at radius 3 is 1.58 bits per heavy atom. The van der Waals surface area contributed by atoms with Gasteiger partial charge in [0.15, 0.2) is 5.41 Å². The molecule has 0 nitrogen and oxygen atoms in total. The molecule has 0 aromatic carbocycles. The first kappa shape index (κ1) is 25.0. The maximum atomic E-state index is 13.7. The highest BCUT2D eigenvalue weighted by Crippen LogP contribution is 2.53. The van der Waals surface area contributed by atoms with Gasteiger partial charge in [-0.2, -0.15) is 39.5 Å². The molecule has 0 spiro atoms. The average molecular weight is 404 g/mol. The molecule has 0 aliphatic carbocycles. The molecule has 0 amide bonds. The molecule has 10 heteroatoms. The molecule has 156 valence electrons. The molecule has 2 atom stereocenters. The van der Waals surface area contributed by atoms with E-state index in [1.807, 2.05) is 0 Å². The Morgan fingerprint density at radius 1 is 0.769 bits per heavy atom. The predicted octanol–water partition coefficient (Wildman–Crippen LogP) is 7.55. The fourth-order valence-electron chi connectivity index (χ4n) is 2.55. The summed E-state index contributed by atoms with van der Waals surface area (Å²) in [5, 5.41) is 0. The van der Waals surface area contributed by atoms with Gasteiger partial charge in [-0.1, -0.05) is 25.3 Å². The SMILES string of the molecule is C=CCC(CCCCC(C)(C(F)(F)F)C(F)(F)F)CC(C)(F)C(F)(F)F. The number of rotatable bonds is 9. The Morgan fingerprint density at radius 2 is 1.23 bits per heavy atom. The molecular formula is C16H22F10. The lowest BCUT2D eigenvalue weighted by molar-refractivity contribution is -0.336. The first-order valence-electron chi connectivity index (χ1n) is 7.89. The molecule has 0 aliphatic heterocycles. The molecule has 0 aromatic rings. The van der Waals surface area contributed by atoms with Crippen molar-refractivity contribution < 1.29 is 43.9 Å². The summed E-state index contributed by atoms with van der Waals surface area (Å²) in [6.45, 7) is 3.73. The third kappa shape index (κ3) is 6.33. The first-order valence-corrected chi connectivity index (χ1v) is 7.89. The molecule has 26 heavy (non-hydrogen) atoms. The van der Waals surface area contributed by atoms with E-state index in [-0.39, 0.29) is 26.2 Å². The lowest BCUT2D eigenvalue weighted by Crippen LogP contribution is -2.47. The van der Waals surface area contributed by atoms with E-state index in [0.29, 0.717) is 6.92 Å². The van der Waals surface area contributed by atoms with E-state index in [0.717, 1.165) is 0 Å². The van der Waals surface area contributed by atoms with Crippen LogP contribution in [-0.4, -0.2) is 24.2 Å². The molecule has 0 saturated carbocycles. The summed E-state index contributed by atoms with van der Waals surface area (Å²) < 4.78 is 128. The van der Waals surface area contributed by atoms with Crippen LogP contribution in [0, 0.1) is 11.3 Å². The maximum absolute atomic E-state index is 13.7. The van der Waals surface area contributed by atoms with Gasteiger partial charge in [0.05, 0.1) is 0 Å². The van der Waals surface area contributed by atoms with Gasteiger partial charge < -0.3 is 0 Å². The highest BCUT2D eigenvalue weighted by Gasteiger charge is 2.66. The quantitative estimate of drug-likeness (QED) is 0.211. The fraction of sp³-hybridized carbons (Fsp3) is 0.875. The topological polar surface area (TPSA) is 0 Å². The first-order chi connectivity index (χ1) is 11.4. The maximum Gasteiger partial charge on any atom is 0.422 e. The van der Waals surface area contributed by atoms with Crippen molar-refractivity contribution in [2.45, 2.75) is 76.6 Å². The molecule has 0 saturated heterocycles. The van der Waals surface area contributed by atoms with Crippen LogP contribution in [0.25, 0.3) is 0 Å². The van der Waals surface area contributed by atoms with Crippen LogP contribution in [-0.2, 0) is 0 Å². The van der Waals surface area contributed by atoms with Crippen molar-refractivity contribution in [1.82, 2.24) is 0 Å². The van der Waals surface area contributed by atoms with Crippen molar-refractivity contribution in [2.75, 3.05) is 0 Å². The number of allylic oxidation sites excluding steroid dienone is 1. The van der Waals surface area contributed by atoms with Gasteiger partial charge in [-0.3, -0.25) is 0 Å². The minimum atomic E-state index is -5.50. The minimum absolute atomic E-state index is 0.0224. The van der Waals surface area contributed by atoms with Gasteiger partial charge >= 0.3 is 18.5 Å². The molecule has 0 aromatic heterocycles. The summed E-state index contributed by atoms with van der Waals surface area (Å²) in [4.78, 5) is 0. The zero-order valence-electron chi connectivity index (χ0n) is 14.4. The summed E-state index contributed by atoms with van der Waals surface area (Å²) in [7, 11) is 0. The van der Waals surface area contributed by atoms with Crippen molar-refractivity contribution in [3.05, 3.63) is 12.7 Å². The number of hydrogen-bond acceptors (Lipinski definition) is 0. The Kier molecular flexibility index (Phi) is 8.06. The van der Waals surface area contributed by atoms with E-state index < -0.39 is 54.8 Å². The van der Waals surface area contributed by atoms with Crippen molar-refractivity contribution >= 4 is 0 Å². The standard InChI is InChI=1S/C16H22F10/c1-4-7-11(10-13(3,17)16(24,25)26)8-5-6-9-12(2,14(18,19)20)15(21,22)23/h4,11H,1,5-10H2,2-3H3. The van der Waals surface area contributed by atoms with Crippen LogP contribution in [0.5, 0.6) is 0 Å². The molecule has 0 heterocycles. The number of unbranched alkanes of at least 4 members (excludes halogenated alkanes) is 1. The molecule has 0 radical (unpaired) electrons. The van der Waals surface area contributed by atoms with Gasteiger partial charge in [-0.25, -0.2) is 4.39 Å². The van der Waals surface area contributed by atoms with Crippen LogP contribution < -0.4 is 0 Å². The lowest BCUT2D eigenvalue weighted by Gasteiger charge is -2.34. The third-order valence-corrected chi connectivity index (χ3v) is 4.55. The molecule has 0 fully saturated rings. The van der Waals surface area contributed by atoms with Crippen LogP contribution in [0.2, 0.25) is 0 Å². The van der Waals surface area contributed by atoms with Crippen LogP contribution >= 0.6 is 0 Å². The molecular weight excluding hydrogens is 382 g/mol. The highest BCUT2D eigenvalue weighted by molar-refractivity contribution is 4.90. The Bertz CT molecular complexity index is 427. The van der Waals surface area contributed by atoms with Gasteiger partial charge in [0.2, 0.25) is 5.67 Å². The summed E-state index contributed by atoms with van der Waals surface area (Å²) >= 11 is 0. The van der Waals surface area contributed by atoms with Crippen molar-refractivity contribution in [1.29, 1.82) is 0 Å². The Balaban J connectivity index is 4.86. The molecule has 2 unspecified atom stereocenters. The van der Waals surface area contributed by atoms with Gasteiger partial charge in [0, 0.05) is 0 Å². The summed E-state index contributed by atoms with van der Waals surface area (Å²) in [6, 6.07) is 0. The molecule has 0 N–H and O–H groups in total. The zero-order chi connectivity index (χ0) is 21.0. The number of alkyl halides is 10. The van der Waals surface area contributed by atoms with Crippen LogP contribution in [0.3, 0.4) is 0 Å². The second-order valence-corrected chi connectivity index (χ2v) is 6.86. The second-order valence-electron chi connectivity index (χ2n) is 6.86. The van der Waals surface area contributed by atoms with Crippen molar-refractivity contribution in [3.63, 3.8) is 0 Å². The van der Waals surface area contributed by atoms with E-state index in [4.69, 9.17) is 0 Å². The van der Waals surface area contributed by atoms with E-state index in [1.54, 1.807) is 0 Å². The van der Waals surface area contributed by atoms with Crippen LogP contribution in [0.1, 0.15) is 52.4 Å². The Labute approximate surface area is 145 Å². The van der Waals surface area contributed by atoms with Gasteiger partial charge in [0.25, 0.3) is 0 Å². The summed E-state index contributed by atoms with van der Waals surface area (Å²) in [5.74, 6) is -0.882. The van der Waals surface area contributed by atoms with E-state index in [2.05, 4.69) is 6.58 Å². The zero-order valence-corrected chi connectivity index (χ0v) is 14.4. The summed E-state index contributed by atoms with van der Waals surface area (Å²) in [5.41, 5.74) is -7.39. The average Bonchev–Trinajstić information content (AvgIpc) is 2.39. The molecule has 0 aliphatic rings. The fourth-order valence-corrected chi connectivity index (χ4v) is 2.55. The molecule has 0 bridgehead atoms. The largest absolute Gasteiger partial charge is 0.422 e. The van der Waals surface area contributed by atoms with Gasteiger partial charge in [-0.15, -0.1) is 6.58 Å². The highest BCUT2D eigenvalue weighted by atomic mass is 19.4. The number of hydrogen-bond donors (Lipinski definition) is 0. The van der Waals surface area contributed by atoms with Crippen molar-refractivity contribution in [2.24, 2.45) is 11.3 Å². The second kappa shape index (κ2) is 8.37. The Hall–Kier alpha value is -0.960. The van der Waals surface area contributed by atoms with Gasteiger partial charge in [-0.05, 0) is 39.0 Å².